The highest BCUT2D eigenvalue weighted by molar-refractivity contribution is 6.00. The van der Waals surface area contributed by atoms with Gasteiger partial charge in [0.1, 0.15) is 17.0 Å². The number of carbonyl (C=O) groups excluding carboxylic acids is 1. The first-order valence-corrected chi connectivity index (χ1v) is 11.3. The third-order valence-corrected chi connectivity index (χ3v) is 5.10. The van der Waals surface area contributed by atoms with E-state index in [1.807, 2.05) is 26.1 Å². The van der Waals surface area contributed by atoms with E-state index in [0.29, 0.717) is 19.0 Å². The maximum atomic E-state index is 11.4. The predicted molar refractivity (Wildman–Crippen MR) is 124 cm³/mol. The molecule has 1 fully saturated rings. The van der Waals surface area contributed by atoms with E-state index < -0.39 is 6.09 Å². The highest BCUT2D eigenvalue weighted by atomic mass is 16.5. The SMILES string of the molecule is CC.COCCNC(=O)OCc1nc2c(cnc3[nH]ccc32)[nH]1.N#CCC1CCCCC1. The molecule has 3 heterocycles. The van der Waals surface area contributed by atoms with Crippen molar-refractivity contribution >= 4 is 28.2 Å². The van der Waals surface area contributed by atoms with Gasteiger partial charge in [-0.25, -0.2) is 14.8 Å². The van der Waals surface area contributed by atoms with E-state index in [1.165, 1.54) is 32.1 Å². The maximum Gasteiger partial charge on any atom is 0.407 e. The van der Waals surface area contributed by atoms with Crippen LogP contribution in [0.2, 0.25) is 0 Å². The van der Waals surface area contributed by atoms with Crippen LogP contribution in [0.15, 0.2) is 18.5 Å². The lowest BCUT2D eigenvalue weighted by molar-refractivity contribution is 0.131. The lowest BCUT2D eigenvalue weighted by Gasteiger charge is -2.17. The van der Waals surface area contributed by atoms with Crippen LogP contribution in [0, 0.1) is 17.2 Å². The number of hydrogen-bond acceptors (Lipinski definition) is 6. The zero-order valence-electron chi connectivity index (χ0n) is 19.2. The molecule has 0 spiro atoms. The number of pyridine rings is 1. The summed E-state index contributed by atoms with van der Waals surface area (Å²) < 4.78 is 9.90. The third-order valence-electron chi connectivity index (χ3n) is 5.10. The van der Waals surface area contributed by atoms with Crippen molar-refractivity contribution in [1.82, 2.24) is 25.3 Å². The number of methoxy groups -OCH3 is 1. The standard InChI is InChI=1S/C13H15N5O3.C8H13N.C2H6/c1-20-5-4-15-13(19)21-7-10-17-9-6-16-12-8(2-3-14-12)11(9)18-10;9-7-6-8-4-2-1-3-5-8;1-2/h2-3,6H,4-5,7H2,1H3,(H,14,16)(H,15,19)(H,17,18);8H,1-6H2;1-2H3. The van der Waals surface area contributed by atoms with Crippen molar-refractivity contribution in [2.75, 3.05) is 20.3 Å². The zero-order valence-corrected chi connectivity index (χ0v) is 19.2. The summed E-state index contributed by atoms with van der Waals surface area (Å²) >= 11 is 0. The first kappa shape index (κ1) is 25.1. The lowest BCUT2D eigenvalue weighted by Crippen LogP contribution is -2.27. The summed E-state index contributed by atoms with van der Waals surface area (Å²) in [6, 6.07) is 4.15. The number of rotatable bonds is 6. The number of nitrogens with one attached hydrogen (secondary N) is 3. The summed E-state index contributed by atoms with van der Waals surface area (Å²) in [4.78, 5) is 26.2. The Morgan fingerprint density at radius 3 is 2.81 bits per heavy atom. The van der Waals surface area contributed by atoms with Gasteiger partial charge in [0.2, 0.25) is 0 Å². The Balaban J connectivity index is 0.000000277. The number of hydrogen-bond donors (Lipinski definition) is 3. The molecule has 0 bridgehead atoms. The summed E-state index contributed by atoms with van der Waals surface area (Å²) in [6.45, 7) is 4.92. The van der Waals surface area contributed by atoms with E-state index >= 15 is 0 Å². The molecular formula is C23H34N6O3. The number of carbonyl (C=O) groups is 1. The van der Waals surface area contributed by atoms with Crippen LogP contribution < -0.4 is 5.32 Å². The summed E-state index contributed by atoms with van der Waals surface area (Å²) in [6.07, 6.45) is 10.5. The van der Waals surface area contributed by atoms with Crippen molar-refractivity contribution in [2.24, 2.45) is 5.92 Å². The Morgan fingerprint density at radius 1 is 1.31 bits per heavy atom. The number of aromatic nitrogens is 4. The Kier molecular flexibility index (Phi) is 11.0. The Hall–Kier alpha value is -3.12. The summed E-state index contributed by atoms with van der Waals surface area (Å²) in [5, 5.41) is 11.9. The molecule has 4 rings (SSSR count). The van der Waals surface area contributed by atoms with Gasteiger partial charge in [-0.1, -0.05) is 33.1 Å². The highest BCUT2D eigenvalue weighted by Crippen LogP contribution is 2.25. The van der Waals surface area contributed by atoms with Crippen LogP contribution in [0.4, 0.5) is 4.79 Å². The van der Waals surface area contributed by atoms with Gasteiger partial charge in [-0.2, -0.15) is 5.26 Å². The van der Waals surface area contributed by atoms with Crippen LogP contribution in [-0.2, 0) is 16.1 Å². The number of H-pyrrole nitrogens is 2. The van der Waals surface area contributed by atoms with Crippen LogP contribution in [-0.4, -0.2) is 46.3 Å². The second-order valence-corrected chi connectivity index (χ2v) is 7.31. The van der Waals surface area contributed by atoms with Crippen molar-refractivity contribution in [3.63, 3.8) is 0 Å². The van der Waals surface area contributed by atoms with E-state index in [1.54, 1.807) is 13.3 Å². The van der Waals surface area contributed by atoms with Gasteiger partial charge in [0.25, 0.3) is 0 Å². The van der Waals surface area contributed by atoms with Gasteiger partial charge < -0.3 is 24.8 Å². The van der Waals surface area contributed by atoms with Crippen LogP contribution in [0.1, 0.15) is 58.2 Å². The number of nitriles is 1. The van der Waals surface area contributed by atoms with Gasteiger partial charge >= 0.3 is 6.09 Å². The molecule has 0 saturated heterocycles. The van der Waals surface area contributed by atoms with Crippen LogP contribution in [0.25, 0.3) is 22.1 Å². The average Bonchev–Trinajstić information content (AvgIpc) is 3.47. The predicted octanol–water partition coefficient (Wildman–Crippen LogP) is 4.82. The second-order valence-electron chi connectivity index (χ2n) is 7.31. The summed E-state index contributed by atoms with van der Waals surface area (Å²) in [5.74, 6) is 1.31. The first-order valence-electron chi connectivity index (χ1n) is 11.3. The fourth-order valence-electron chi connectivity index (χ4n) is 3.55. The number of fused-ring (bicyclic) bond motifs is 3. The van der Waals surface area contributed by atoms with E-state index in [2.05, 4.69) is 31.3 Å². The van der Waals surface area contributed by atoms with Gasteiger partial charge in [0.05, 0.1) is 24.4 Å². The number of ether oxygens (including phenoxy) is 2. The molecule has 174 valence electrons. The van der Waals surface area contributed by atoms with Crippen LogP contribution >= 0.6 is 0 Å². The molecule has 3 N–H and O–H groups in total. The molecule has 3 aromatic heterocycles. The van der Waals surface area contributed by atoms with E-state index in [9.17, 15) is 4.79 Å². The molecule has 32 heavy (non-hydrogen) atoms. The minimum Gasteiger partial charge on any atom is -0.441 e. The quantitative estimate of drug-likeness (QED) is 0.470. The lowest BCUT2D eigenvalue weighted by atomic mass is 9.87. The smallest absolute Gasteiger partial charge is 0.407 e. The van der Waals surface area contributed by atoms with E-state index in [0.717, 1.165) is 34.4 Å². The molecule has 0 radical (unpaired) electrons. The fraction of sp³-hybridized carbons (Fsp3) is 0.565. The van der Waals surface area contributed by atoms with Crippen molar-refractivity contribution in [3.8, 4) is 6.07 Å². The number of aromatic amines is 2. The normalized spacial score (nSPS) is 13.4. The number of nitrogens with zero attached hydrogens (tertiary/aromatic N) is 3. The van der Waals surface area contributed by atoms with Crippen molar-refractivity contribution in [1.29, 1.82) is 5.26 Å². The fourth-order valence-corrected chi connectivity index (χ4v) is 3.55. The molecule has 3 aromatic rings. The molecule has 0 aliphatic heterocycles. The monoisotopic (exact) mass is 442 g/mol. The topological polar surface area (TPSA) is 129 Å². The molecule has 1 aliphatic rings. The minimum absolute atomic E-state index is 0.0689. The van der Waals surface area contributed by atoms with Crippen molar-refractivity contribution in [2.45, 2.75) is 59.0 Å². The van der Waals surface area contributed by atoms with Gasteiger partial charge in [-0.3, -0.25) is 0 Å². The molecule has 1 aliphatic carbocycles. The first-order chi connectivity index (χ1) is 15.7. The molecule has 0 atom stereocenters. The molecule has 0 unspecified atom stereocenters. The molecule has 9 heteroatoms. The van der Waals surface area contributed by atoms with Gasteiger partial charge in [0, 0.05) is 31.7 Å². The second kappa shape index (κ2) is 14.0. The van der Waals surface area contributed by atoms with E-state index in [-0.39, 0.29) is 6.61 Å². The molecule has 9 nitrogen and oxygen atoms in total. The van der Waals surface area contributed by atoms with Crippen LogP contribution in [0.3, 0.4) is 0 Å². The molecular weight excluding hydrogens is 408 g/mol. The Labute approximate surface area is 188 Å². The minimum atomic E-state index is -0.502. The molecule has 1 amide bonds. The van der Waals surface area contributed by atoms with Crippen LogP contribution in [0.5, 0.6) is 0 Å². The average molecular weight is 443 g/mol. The molecule has 1 saturated carbocycles. The zero-order chi connectivity index (χ0) is 23.2. The van der Waals surface area contributed by atoms with Gasteiger partial charge in [-0.15, -0.1) is 0 Å². The number of imidazole rings is 1. The Bertz CT molecular complexity index is 985. The van der Waals surface area contributed by atoms with E-state index in [4.69, 9.17) is 14.7 Å². The molecule has 0 aromatic carbocycles. The van der Waals surface area contributed by atoms with Crippen molar-refractivity contribution in [3.05, 3.63) is 24.3 Å². The number of amides is 1. The van der Waals surface area contributed by atoms with Gasteiger partial charge in [-0.05, 0) is 24.8 Å². The number of alkyl carbamates (subject to hydrolysis) is 1. The van der Waals surface area contributed by atoms with Gasteiger partial charge in [0.15, 0.2) is 6.61 Å². The summed E-state index contributed by atoms with van der Waals surface area (Å²) in [5.41, 5.74) is 2.39. The summed E-state index contributed by atoms with van der Waals surface area (Å²) in [7, 11) is 1.57. The Morgan fingerprint density at radius 2 is 2.09 bits per heavy atom. The largest absolute Gasteiger partial charge is 0.441 e. The van der Waals surface area contributed by atoms with Crippen molar-refractivity contribution < 1.29 is 14.3 Å². The highest BCUT2D eigenvalue weighted by Gasteiger charge is 2.12. The third kappa shape index (κ3) is 7.54. The maximum absolute atomic E-state index is 11.4.